The van der Waals surface area contributed by atoms with Crippen molar-refractivity contribution >= 4 is 5.78 Å². The molecule has 0 aromatic heterocycles. The van der Waals surface area contributed by atoms with Crippen molar-refractivity contribution in [3.63, 3.8) is 0 Å². The molecule has 1 heterocycles. The zero-order chi connectivity index (χ0) is 11.3. The molecule has 3 heteroatoms. The minimum absolute atomic E-state index is 0.159. The first kappa shape index (κ1) is 12.7. The average molecular weight is 213 g/mol. The maximum absolute atomic E-state index is 11.6. The molecule has 0 amide bonds. The topological polar surface area (TPSA) is 29.5 Å². The maximum atomic E-state index is 11.6. The van der Waals surface area contributed by atoms with Crippen molar-refractivity contribution in [2.24, 2.45) is 5.92 Å². The number of carbonyl (C=O) groups excluding carboxylic acids is 1. The van der Waals surface area contributed by atoms with Gasteiger partial charge >= 0.3 is 0 Å². The van der Waals surface area contributed by atoms with E-state index in [-0.39, 0.29) is 11.9 Å². The first-order valence-corrected chi connectivity index (χ1v) is 5.89. The lowest BCUT2D eigenvalue weighted by Gasteiger charge is -2.28. The Bertz CT molecular complexity index is 196. The number of hydrogen-bond donors (Lipinski definition) is 0. The lowest BCUT2D eigenvalue weighted by molar-refractivity contribution is -0.126. The third-order valence-electron chi connectivity index (χ3n) is 2.93. The summed E-state index contributed by atoms with van der Waals surface area (Å²) in [6.45, 7) is 6.47. The number of carbonyl (C=O) groups is 1. The van der Waals surface area contributed by atoms with Crippen LogP contribution in [0.25, 0.3) is 0 Å². The molecule has 1 rings (SSSR count). The molecule has 0 aromatic carbocycles. The molecule has 0 unspecified atom stereocenters. The van der Waals surface area contributed by atoms with E-state index in [0.717, 1.165) is 25.9 Å². The van der Waals surface area contributed by atoms with E-state index in [4.69, 9.17) is 4.74 Å². The van der Waals surface area contributed by atoms with Crippen molar-refractivity contribution in [3.05, 3.63) is 0 Å². The Balaban J connectivity index is 2.15. The molecular formula is C12H23NO2. The van der Waals surface area contributed by atoms with Crippen molar-refractivity contribution in [2.75, 3.05) is 26.7 Å². The summed E-state index contributed by atoms with van der Waals surface area (Å²) in [5, 5.41) is 0. The molecule has 1 saturated heterocycles. The first-order valence-electron chi connectivity index (χ1n) is 5.89. The molecule has 1 fully saturated rings. The molecule has 0 radical (unpaired) electrons. The summed E-state index contributed by atoms with van der Waals surface area (Å²) in [6, 6.07) is 0. The van der Waals surface area contributed by atoms with Gasteiger partial charge in [0.2, 0.25) is 0 Å². The van der Waals surface area contributed by atoms with Crippen molar-refractivity contribution in [1.82, 2.24) is 4.90 Å². The van der Waals surface area contributed by atoms with Gasteiger partial charge in [-0.25, -0.2) is 0 Å². The SMILES string of the molecule is CC(C)OCC(=O)CC1CCN(C)CC1. The fraction of sp³-hybridized carbons (Fsp3) is 0.917. The second-order valence-electron chi connectivity index (χ2n) is 4.85. The van der Waals surface area contributed by atoms with Gasteiger partial charge in [-0.05, 0) is 52.7 Å². The molecule has 0 bridgehead atoms. The van der Waals surface area contributed by atoms with Crippen molar-refractivity contribution in [1.29, 1.82) is 0 Å². The summed E-state index contributed by atoms with van der Waals surface area (Å²) in [6.07, 6.45) is 3.18. The summed E-state index contributed by atoms with van der Waals surface area (Å²) < 4.78 is 5.31. The predicted molar refractivity (Wildman–Crippen MR) is 60.9 cm³/mol. The molecule has 0 atom stereocenters. The van der Waals surface area contributed by atoms with Gasteiger partial charge in [0.1, 0.15) is 6.61 Å². The van der Waals surface area contributed by atoms with Crippen LogP contribution in [-0.2, 0) is 9.53 Å². The molecule has 15 heavy (non-hydrogen) atoms. The third-order valence-corrected chi connectivity index (χ3v) is 2.93. The van der Waals surface area contributed by atoms with Crippen LogP contribution in [0.3, 0.4) is 0 Å². The van der Waals surface area contributed by atoms with Gasteiger partial charge in [0.25, 0.3) is 0 Å². The average Bonchev–Trinajstić information content (AvgIpc) is 2.19. The van der Waals surface area contributed by atoms with Crippen molar-refractivity contribution in [3.8, 4) is 0 Å². The van der Waals surface area contributed by atoms with E-state index in [1.54, 1.807) is 0 Å². The summed E-state index contributed by atoms with van der Waals surface area (Å²) >= 11 is 0. The van der Waals surface area contributed by atoms with Crippen LogP contribution in [0, 0.1) is 5.92 Å². The molecule has 88 valence electrons. The minimum Gasteiger partial charge on any atom is -0.371 e. The van der Waals surface area contributed by atoms with E-state index < -0.39 is 0 Å². The van der Waals surface area contributed by atoms with Crippen molar-refractivity contribution in [2.45, 2.75) is 39.2 Å². The highest BCUT2D eigenvalue weighted by molar-refractivity contribution is 5.79. The van der Waals surface area contributed by atoms with E-state index in [0.29, 0.717) is 18.9 Å². The minimum atomic E-state index is 0.159. The molecule has 1 aliphatic heterocycles. The zero-order valence-electron chi connectivity index (χ0n) is 10.2. The molecule has 3 nitrogen and oxygen atoms in total. The van der Waals surface area contributed by atoms with E-state index in [2.05, 4.69) is 11.9 Å². The van der Waals surface area contributed by atoms with Crippen LogP contribution in [0.2, 0.25) is 0 Å². The summed E-state index contributed by atoms with van der Waals surface area (Å²) in [7, 11) is 2.14. The molecule has 0 aromatic rings. The molecule has 1 aliphatic rings. The zero-order valence-corrected chi connectivity index (χ0v) is 10.2. The number of hydrogen-bond acceptors (Lipinski definition) is 3. The molecule has 0 spiro atoms. The highest BCUT2D eigenvalue weighted by Crippen LogP contribution is 2.19. The summed E-state index contributed by atoms with van der Waals surface area (Å²) in [5.74, 6) is 0.850. The Hall–Kier alpha value is -0.410. The quantitative estimate of drug-likeness (QED) is 0.696. The Morgan fingerprint density at radius 2 is 2.00 bits per heavy atom. The lowest BCUT2D eigenvalue weighted by atomic mass is 9.92. The molecule has 0 aliphatic carbocycles. The van der Waals surface area contributed by atoms with Gasteiger partial charge in [-0.15, -0.1) is 0 Å². The number of Topliss-reactive ketones (excluding diaryl/α,β-unsaturated/α-hetero) is 1. The van der Waals surface area contributed by atoms with Crippen LogP contribution in [0.4, 0.5) is 0 Å². The van der Waals surface area contributed by atoms with Gasteiger partial charge < -0.3 is 9.64 Å². The second kappa shape index (κ2) is 6.23. The largest absolute Gasteiger partial charge is 0.371 e. The summed E-state index contributed by atoms with van der Waals surface area (Å²) in [5.41, 5.74) is 0. The van der Waals surface area contributed by atoms with Crippen LogP contribution in [-0.4, -0.2) is 43.5 Å². The van der Waals surface area contributed by atoms with E-state index >= 15 is 0 Å². The number of piperidine rings is 1. The Morgan fingerprint density at radius 1 is 1.40 bits per heavy atom. The van der Waals surface area contributed by atoms with Crippen LogP contribution in [0.5, 0.6) is 0 Å². The number of rotatable bonds is 5. The Morgan fingerprint density at radius 3 is 2.53 bits per heavy atom. The normalized spacial score (nSPS) is 19.7. The van der Waals surface area contributed by atoms with Crippen molar-refractivity contribution < 1.29 is 9.53 Å². The van der Waals surface area contributed by atoms with Gasteiger partial charge in [0, 0.05) is 6.42 Å². The number of likely N-dealkylation sites (tertiary alicyclic amines) is 1. The second-order valence-corrected chi connectivity index (χ2v) is 4.85. The van der Waals surface area contributed by atoms with E-state index in [1.807, 2.05) is 13.8 Å². The lowest BCUT2D eigenvalue weighted by Crippen LogP contribution is -2.31. The van der Waals surface area contributed by atoms with E-state index in [1.165, 1.54) is 0 Å². The molecular weight excluding hydrogens is 190 g/mol. The fourth-order valence-corrected chi connectivity index (χ4v) is 1.91. The molecule has 0 saturated carbocycles. The third kappa shape index (κ3) is 5.28. The van der Waals surface area contributed by atoms with Gasteiger partial charge in [-0.2, -0.15) is 0 Å². The summed E-state index contributed by atoms with van der Waals surface area (Å²) in [4.78, 5) is 13.9. The van der Waals surface area contributed by atoms with Gasteiger partial charge in [-0.3, -0.25) is 4.79 Å². The number of ether oxygens (including phenoxy) is 1. The van der Waals surface area contributed by atoms with Gasteiger partial charge in [0.05, 0.1) is 6.10 Å². The smallest absolute Gasteiger partial charge is 0.158 e. The Kier molecular flexibility index (Phi) is 5.26. The fourth-order valence-electron chi connectivity index (χ4n) is 1.91. The van der Waals surface area contributed by atoms with E-state index in [9.17, 15) is 4.79 Å². The standard InChI is InChI=1S/C12H23NO2/c1-10(2)15-9-12(14)8-11-4-6-13(3)7-5-11/h10-11H,4-9H2,1-3H3. The predicted octanol–water partition coefficient (Wildman–Crippen LogP) is 1.71. The molecule has 0 N–H and O–H groups in total. The maximum Gasteiger partial charge on any atom is 0.158 e. The number of ketones is 1. The van der Waals surface area contributed by atoms with Gasteiger partial charge in [-0.1, -0.05) is 0 Å². The highest BCUT2D eigenvalue weighted by Gasteiger charge is 2.19. The Labute approximate surface area is 92.8 Å². The first-order chi connectivity index (χ1) is 7.08. The van der Waals surface area contributed by atoms with Gasteiger partial charge in [0.15, 0.2) is 5.78 Å². The van der Waals surface area contributed by atoms with Crippen LogP contribution in [0.15, 0.2) is 0 Å². The highest BCUT2D eigenvalue weighted by atomic mass is 16.5. The number of nitrogens with zero attached hydrogens (tertiary/aromatic N) is 1. The van der Waals surface area contributed by atoms with Crippen LogP contribution >= 0.6 is 0 Å². The monoisotopic (exact) mass is 213 g/mol. The van der Waals surface area contributed by atoms with Crippen LogP contribution < -0.4 is 0 Å². The van der Waals surface area contributed by atoms with Crippen LogP contribution in [0.1, 0.15) is 33.1 Å².